The van der Waals surface area contributed by atoms with Crippen LogP contribution in [0.25, 0.3) is 0 Å². The van der Waals surface area contributed by atoms with Crippen molar-refractivity contribution in [2.75, 3.05) is 14.1 Å². The largest absolute Gasteiger partial charge is 0.302 e. The fourth-order valence-electron chi connectivity index (χ4n) is 1.61. The van der Waals surface area contributed by atoms with Crippen molar-refractivity contribution >= 4 is 11.6 Å². The molecule has 80 valence electrons. The number of nitriles is 1. The van der Waals surface area contributed by atoms with E-state index < -0.39 is 0 Å². The van der Waals surface area contributed by atoms with Gasteiger partial charge in [-0.2, -0.15) is 5.26 Å². The summed E-state index contributed by atoms with van der Waals surface area (Å²) in [6, 6.07) is 10.3. The molecule has 0 amide bonds. The smallest absolute Gasteiger partial charge is 0.0622 e. The molecule has 0 heterocycles. The number of halogens is 1. The van der Waals surface area contributed by atoms with Crippen molar-refractivity contribution in [3.05, 3.63) is 34.9 Å². The Morgan fingerprint density at radius 2 is 1.93 bits per heavy atom. The first-order valence-electron chi connectivity index (χ1n) is 4.94. The molecule has 0 aliphatic heterocycles. The highest BCUT2D eigenvalue weighted by atomic mass is 35.5. The van der Waals surface area contributed by atoms with E-state index in [4.69, 9.17) is 16.9 Å². The van der Waals surface area contributed by atoms with Crippen LogP contribution in [-0.4, -0.2) is 19.0 Å². The Labute approximate surface area is 96.1 Å². The van der Waals surface area contributed by atoms with Crippen molar-refractivity contribution in [2.24, 2.45) is 0 Å². The zero-order valence-corrected chi connectivity index (χ0v) is 9.83. The Morgan fingerprint density at radius 1 is 1.33 bits per heavy atom. The van der Waals surface area contributed by atoms with Gasteiger partial charge in [-0.1, -0.05) is 23.7 Å². The normalized spacial score (nSPS) is 12.5. The van der Waals surface area contributed by atoms with Crippen LogP contribution >= 0.6 is 11.6 Å². The molecule has 0 aromatic heterocycles. The molecule has 1 atom stereocenters. The lowest BCUT2D eigenvalue weighted by molar-refractivity contribution is 0.286. The lowest BCUT2D eigenvalue weighted by Crippen LogP contribution is -2.19. The van der Waals surface area contributed by atoms with E-state index in [0.717, 1.165) is 11.4 Å². The van der Waals surface area contributed by atoms with Gasteiger partial charge in [0.2, 0.25) is 0 Å². The summed E-state index contributed by atoms with van der Waals surface area (Å²) in [5, 5.41) is 9.35. The average Bonchev–Trinajstić information content (AvgIpc) is 2.21. The summed E-state index contributed by atoms with van der Waals surface area (Å²) in [6.07, 6.45) is 1.43. The number of hydrogen-bond acceptors (Lipinski definition) is 2. The van der Waals surface area contributed by atoms with E-state index in [9.17, 15) is 0 Å². The van der Waals surface area contributed by atoms with Gasteiger partial charge in [0.05, 0.1) is 6.07 Å². The van der Waals surface area contributed by atoms with Crippen LogP contribution in [0.2, 0.25) is 5.02 Å². The summed E-state index contributed by atoms with van der Waals surface area (Å²) < 4.78 is 0. The molecule has 0 aliphatic rings. The van der Waals surface area contributed by atoms with Crippen molar-refractivity contribution in [2.45, 2.75) is 18.9 Å². The van der Waals surface area contributed by atoms with E-state index in [-0.39, 0.29) is 0 Å². The van der Waals surface area contributed by atoms with Crippen LogP contribution in [-0.2, 0) is 0 Å². The lowest BCUT2D eigenvalue weighted by Gasteiger charge is -2.23. The Balaban J connectivity index is 2.80. The predicted octanol–water partition coefficient (Wildman–Crippen LogP) is 3.25. The van der Waals surface area contributed by atoms with Crippen LogP contribution in [0.1, 0.15) is 24.4 Å². The number of benzene rings is 1. The first kappa shape index (κ1) is 12.0. The highest BCUT2D eigenvalue weighted by Crippen LogP contribution is 2.24. The molecule has 15 heavy (non-hydrogen) atoms. The predicted molar refractivity (Wildman–Crippen MR) is 62.7 cm³/mol. The maximum absolute atomic E-state index is 8.60. The van der Waals surface area contributed by atoms with Gasteiger partial charge in [-0.15, -0.1) is 0 Å². The SMILES string of the molecule is CN(C)C(CCC#N)c1ccc(Cl)cc1. The van der Waals surface area contributed by atoms with Gasteiger partial charge in [-0.25, -0.2) is 0 Å². The summed E-state index contributed by atoms with van der Waals surface area (Å²) >= 11 is 5.83. The van der Waals surface area contributed by atoms with Crippen molar-refractivity contribution in [1.29, 1.82) is 5.26 Å². The Bertz CT molecular complexity index is 338. The van der Waals surface area contributed by atoms with E-state index >= 15 is 0 Å². The molecule has 0 aliphatic carbocycles. The number of nitrogens with zero attached hydrogens (tertiary/aromatic N) is 2. The molecule has 0 saturated carbocycles. The van der Waals surface area contributed by atoms with Crippen LogP contribution in [0.3, 0.4) is 0 Å². The average molecular weight is 223 g/mol. The quantitative estimate of drug-likeness (QED) is 0.782. The summed E-state index contributed by atoms with van der Waals surface area (Å²) in [7, 11) is 4.05. The molecule has 3 heteroatoms. The molecular formula is C12H15ClN2. The Hall–Kier alpha value is -1.04. The van der Waals surface area contributed by atoms with Gasteiger partial charge in [-0.3, -0.25) is 0 Å². The number of rotatable bonds is 4. The molecule has 1 aromatic carbocycles. The van der Waals surface area contributed by atoms with Gasteiger partial charge in [0.25, 0.3) is 0 Å². The second-order valence-electron chi connectivity index (χ2n) is 3.73. The Kier molecular flexibility index (Phi) is 4.61. The molecule has 1 unspecified atom stereocenters. The van der Waals surface area contributed by atoms with E-state index in [0.29, 0.717) is 12.5 Å². The van der Waals surface area contributed by atoms with Crippen molar-refractivity contribution in [3.63, 3.8) is 0 Å². The molecule has 0 N–H and O–H groups in total. The minimum atomic E-state index is 0.293. The van der Waals surface area contributed by atoms with E-state index in [1.54, 1.807) is 0 Å². The topological polar surface area (TPSA) is 27.0 Å². The first-order chi connectivity index (χ1) is 7.15. The van der Waals surface area contributed by atoms with E-state index in [1.807, 2.05) is 38.4 Å². The summed E-state index contributed by atoms with van der Waals surface area (Å²) in [5.41, 5.74) is 1.21. The van der Waals surface area contributed by atoms with Crippen molar-refractivity contribution < 1.29 is 0 Å². The molecule has 0 radical (unpaired) electrons. The van der Waals surface area contributed by atoms with Crippen LogP contribution < -0.4 is 0 Å². The van der Waals surface area contributed by atoms with Crippen molar-refractivity contribution in [3.8, 4) is 6.07 Å². The zero-order chi connectivity index (χ0) is 11.3. The summed E-state index contributed by atoms with van der Waals surface area (Å²) in [6.45, 7) is 0. The molecule has 0 saturated heterocycles. The second kappa shape index (κ2) is 5.75. The van der Waals surface area contributed by atoms with Gasteiger partial charge in [0.15, 0.2) is 0 Å². The maximum Gasteiger partial charge on any atom is 0.0622 e. The van der Waals surface area contributed by atoms with Gasteiger partial charge in [0.1, 0.15) is 0 Å². The minimum Gasteiger partial charge on any atom is -0.302 e. The molecular weight excluding hydrogens is 208 g/mol. The standard InChI is InChI=1S/C12H15ClN2/c1-15(2)12(4-3-9-14)10-5-7-11(13)8-6-10/h5-8,12H,3-4H2,1-2H3. The highest BCUT2D eigenvalue weighted by molar-refractivity contribution is 6.30. The van der Waals surface area contributed by atoms with E-state index in [2.05, 4.69) is 11.0 Å². The molecule has 1 rings (SSSR count). The van der Waals surface area contributed by atoms with Crippen LogP contribution in [0.15, 0.2) is 24.3 Å². The van der Waals surface area contributed by atoms with Gasteiger partial charge < -0.3 is 4.90 Å². The lowest BCUT2D eigenvalue weighted by atomic mass is 10.0. The van der Waals surface area contributed by atoms with Crippen LogP contribution in [0, 0.1) is 11.3 Å². The van der Waals surface area contributed by atoms with Crippen molar-refractivity contribution in [1.82, 2.24) is 4.90 Å². The number of hydrogen-bond donors (Lipinski definition) is 0. The maximum atomic E-state index is 8.60. The molecule has 0 bridgehead atoms. The highest BCUT2D eigenvalue weighted by Gasteiger charge is 2.13. The van der Waals surface area contributed by atoms with Gasteiger partial charge >= 0.3 is 0 Å². The zero-order valence-electron chi connectivity index (χ0n) is 9.07. The molecule has 1 aromatic rings. The summed E-state index contributed by atoms with van der Waals surface area (Å²) in [5.74, 6) is 0. The summed E-state index contributed by atoms with van der Waals surface area (Å²) in [4.78, 5) is 2.13. The van der Waals surface area contributed by atoms with E-state index in [1.165, 1.54) is 5.56 Å². The second-order valence-corrected chi connectivity index (χ2v) is 4.16. The first-order valence-corrected chi connectivity index (χ1v) is 5.32. The van der Waals surface area contributed by atoms with Gasteiger partial charge in [-0.05, 0) is 38.2 Å². The third kappa shape index (κ3) is 3.54. The monoisotopic (exact) mass is 222 g/mol. The third-order valence-corrected chi connectivity index (χ3v) is 2.66. The Morgan fingerprint density at radius 3 is 2.40 bits per heavy atom. The van der Waals surface area contributed by atoms with Gasteiger partial charge in [0, 0.05) is 17.5 Å². The van der Waals surface area contributed by atoms with Crippen LogP contribution in [0.5, 0.6) is 0 Å². The molecule has 2 nitrogen and oxygen atoms in total. The molecule has 0 fully saturated rings. The fourth-order valence-corrected chi connectivity index (χ4v) is 1.74. The third-order valence-electron chi connectivity index (χ3n) is 2.41. The minimum absolute atomic E-state index is 0.293. The fraction of sp³-hybridized carbons (Fsp3) is 0.417. The molecule has 0 spiro atoms. The van der Waals surface area contributed by atoms with Crippen LogP contribution in [0.4, 0.5) is 0 Å².